The van der Waals surface area contributed by atoms with Crippen molar-refractivity contribution in [3.8, 4) is 0 Å². The number of unbranched alkanes of at least 4 members (excludes halogenated alkanes) is 2. The molecular formula is C14H26O2. The number of carbonyl (C=O) groups is 1. The lowest BCUT2D eigenvalue weighted by Gasteiger charge is -2.18. The quantitative estimate of drug-likeness (QED) is 0.591. The van der Waals surface area contributed by atoms with E-state index in [-0.39, 0.29) is 0 Å². The number of hydrogen-bond donors (Lipinski definition) is 0. The first-order valence-corrected chi connectivity index (χ1v) is 6.90. The van der Waals surface area contributed by atoms with E-state index in [2.05, 4.69) is 13.8 Å². The van der Waals surface area contributed by atoms with E-state index in [0.717, 1.165) is 38.9 Å². The average Bonchev–Trinajstić information content (AvgIpc) is 2.62. The molecule has 2 atom stereocenters. The fourth-order valence-electron chi connectivity index (χ4n) is 2.57. The molecule has 2 heteroatoms. The zero-order valence-corrected chi connectivity index (χ0v) is 10.8. The second kappa shape index (κ2) is 7.83. The highest BCUT2D eigenvalue weighted by Crippen LogP contribution is 2.32. The van der Waals surface area contributed by atoms with Crippen molar-refractivity contribution in [1.29, 1.82) is 0 Å². The van der Waals surface area contributed by atoms with Gasteiger partial charge in [-0.3, -0.25) is 4.79 Å². The molecule has 2 unspecified atom stereocenters. The Labute approximate surface area is 99.8 Å². The molecular weight excluding hydrogens is 200 g/mol. The van der Waals surface area contributed by atoms with Crippen LogP contribution in [0.5, 0.6) is 0 Å². The van der Waals surface area contributed by atoms with E-state index >= 15 is 0 Å². The third-order valence-electron chi connectivity index (χ3n) is 3.54. The molecule has 1 rings (SSSR count). The predicted molar refractivity (Wildman–Crippen MR) is 66.5 cm³/mol. The van der Waals surface area contributed by atoms with Gasteiger partial charge in [-0.25, -0.2) is 0 Å². The smallest absolute Gasteiger partial charge is 0.136 e. The van der Waals surface area contributed by atoms with Gasteiger partial charge in [0.25, 0.3) is 0 Å². The highest BCUT2D eigenvalue weighted by Gasteiger charge is 2.33. The third-order valence-corrected chi connectivity index (χ3v) is 3.54. The van der Waals surface area contributed by atoms with Gasteiger partial charge in [-0.05, 0) is 25.2 Å². The maximum Gasteiger partial charge on any atom is 0.136 e. The lowest BCUT2D eigenvalue weighted by molar-refractivity contribution is -0.121. The van der Waals surface area contributed by atoms with Gasteiger partial charge in [0.2, 0.25) is 0 Å². The second-order valence-electron chi connectivity index (χ2n) is 4.94. The number of ether oxygens (including phenoxy) is 1. The van der Waals surface area contributed by atoms with E-state index in [9.17, 15) is 4.79 Å². The van der Waals surface area contributed by atoms with Crippen LogP contribution in [0.4, 0.5) is 0 Å². The van der Waals surface area contributed by atoms with Crippen LogP contribution in [-0.2, 0) is 9.53 Å². The molecule has 0 aromatic rings. The SMILES string of the molecule is CCCCCC1C(=O)CCC1COCCC. The maximum absolute atomic E-state index is 11.8. The zero-order valence-electron chi connectivity index (χ0n) is 10.8. The molecule has 94 valence electrons. The maximum atomic E-state index is 11.8. The molecule has 1 aliphatic rings. The Morgan fingerprint density at radius 2 is 2.06 bits per heavy atom. The van der Waals surface area contributed by atoms with Gasteiger partial charge < -0.3 is 4.74 Å². The van der Waals surface area contributed by atoms with E-state index in [4.69, 9.17) is 4.74 Å². The summed E-state index contributed by atoms with van der Waals surface area (Å²) in [4.78, 5) is 11.8. The fraction of sp³-hybridized carbons (Fsp3) is 0.929. The van der Waals surface area contributed by atoms with E-state index in [0.29, 0.717) is 17.6 Å². The van der Waals surface area contributed by atoms with Crippen LogP contribution in [-0.4, -0.2) is 19.0 Å². The summed E-state index contributed by atoms with van der Waals surface area (Å²) in [6.07, 6.45) is 7.70. The molecule has 0 aromatic carbocycles. The summed E-state index contributed by atoms with van der Waals surface area (Å²) in [5.74, 6) is 1.31. The minimum Gasteiger partial charge on any atom is -0.381 e. The van der Waals surface area contributed by atoms with Crippen molar-refractivity contribution >= 4 is 5.78 Å². The Hall–Kier alpha value is -0.370. The Bertz CT molecular complexity index is 201. The van der Waals surface area contributed by atoms with Crippen molar-refractivity contribution in [3.05, 3.63) is 0 Å². The van der Waals surface area contributed by atoms with Crippen LogP contribution in [0.1, 0.15) is 58.8 Å². The molecule has 0 amide bonds. The summed E-state index contributed by atoms with van der Waals surface area (Å²) < 4.78 is 5.60. The first-order valence-electron chi connectivity index (χ1n) is 6.90. The van der Waals surface area contributed by atoms with Crippen molar-refractivity contribution in [2.24, 2.45) is 11.8 Å². The summed E-state index contributed by atoms with van der Waals surface area (Å²) in [5, 5.41) is 0. The van der Waals surface area contributed by atoms with Gasteiger partial charge >= 0.3 is 0 Å². The lowest BCUT2D eigenvalue weighted by Crippen LogP contribution is -2.19. The van der Waals surface area contributed by atoms with Crippen molar-refractivity contribution < 1.29 is 9.53 Å². The van der Waals surface area contributed by atoms with Crippen LogP contribution < -0.4 is 0 Å². The number of Topliss-reactive ketones (excluding diaryl/α,β-unsaturated/α-hetero) is 1. The second-order valence-corrected chi connectivity index (χ2v) is 4.94. The van der Waals surface area contributed by atoms with Gasteiger partial charge in [0.15, 0.2) is 0 Å². The van der Waals surface area contributed by atoms with E-state index in [1.54, 1.807) is 0 Å². The largest absolute Gasteiger partial charge is 0.381 e. The van der Waals surface area contributed by atoms with Crippen molar-refractivity contribution in [2.75, 3.05) is 13.2 Å². The molecule has 16 heavy (non-hydrogen) atoms. The number of carbonyl (C=O) groups excluding carboxylic acids is 1. The van der Waals surface area contributed by atoms with Crippen molar-refractivity contribution in [2.45, 2.75) is 58.8 Å². The molecule has 0 aromatic heterocycles. The van der Waals surface area contributed by atoms with E-state index in [1.807, 2.05) is 0 Å². The molecule has 0 bridgehead atoms. The number of ketones is 1. The fourth-order valence-corrected chi connectivity index (χ4v) is 2.57. The van der Waals surface area contributed by atoms with Crippen LogP contribution in [0.2, 0.25) is 0 Å². The summed E-state index contributed by atoms with van der Waals surface area (Å²) in [7, 11) is 0. The molecule has 2 nitrogen and oxygen atoms in total. The van der Waals surface area contributed by atoms with Gasteiger partial charge in [-0.1, -0.05) is 33.1 Å². The first kappa shape index (κ1) is 13.7. The molecule has 0 spiro atoms. The van der Waals surface area contributed by atoms with Gasteiger partial charge in [0, 0.05) is 18.9 Å². The summed E-state index contributed by atoms with van der Waals surface area (Å²) in [6.45, 7) is 5.97. The Kier molecular flexibility index (Phi) is 6.70. The molecule has 0 radical (unpaired) electrons. The van der Waals surface area contributed by atoms with Gasteiger partial charge in [-0.15, -0.1) is 0 Å². The minimum absolute atomic E-state index is 0.309. The molecule has 0 N–H and O–H groups in total. The van der Waals surface area contributed by atoms with Crippen LogP contribution in [0.25, 0.3) is 0 Å². The molecule has 1 aliphatic carbocycles. The van der Waals surface area contributed by atoms with Crippen LogP contribution in [0.3, 0.4) is 0 Å². The molecule has 1 fully saturated rings. The van der Waals surface area contributed by atoms with Crippen molar-refractivity contribution in [1.82, 2.24) is 0 Å². The Balaban J connectivity index is 2.28. The first-order chi connectivity index (χ1) is 7.79. The van der Waals surface area contributed by atoms with Crippen LogP contribution in [0, 0.1) is 11.8 Å². The summed E-state index contributed by atoms with van der Waals surface area (Å²) in [5.41, 5.74) is 0. The summed E-state index contributed by atoms with van der Waals surface area (Å²) in [6, 6.07) is 0. The molecule has 0 saturated heterocycles. The van der Waals surface area contributed by atoms with Gasteiger partial charge in [0.1, 0.15) is 5.78 Å². The predicted octanol–water partition coefficient (Wildman–Crippen LogP) is 3.59. The minimum atomic E-state index is 0.309. The highest BCUT2D eigenvalue weighted by molar-refractivity contribution is 5.83. The topological polar surface area (TPSA) is 26.3 Å². The lowest BCUT2D eigenvalue weighted by atomic mass is 9.91. The Morgan fingerprint density at radius 1 is 1.25 bits per heavy atom. The monoisotopic (exact) mass is 226 g/mol. The standard InChI is InChI=1S/C14H26O2/c1-3-5-6-7-13-12(8-9-14(13)15)11-16-10-4-2/h12-13H,3-11H2,1-2H3. The molecule has 0 heterocycles. The number of hydrogen-bond acceptors (Lipinski definition) is 2. The average molecular weight is 226 g/mol. The highest BCUT2D eigenvalue weighted by atomic mass is 16.5. The Morgan fingerprint density at radius 3 is 2.75 bits per heavy atom. The van der Waals surface area contributed by atoms with Gasteiger partial charge in [-0.2, -0.15) is 0 Å². The zero-order chi connectivity index (χ0) is 11.8. The number of rotatable bonds is 8. The van der Waals surface area contributed by atoms with Gasteiger partial charge in [0.05, 0.1) is 6.61 Å². The normalized spacial score (nSPS) is 25.2. The molecule has 1 saturated carbocycles. The molecule has 0 aliphatic heterocycles. The van der Waals surface area contributed by atoms with E-state index in [1.165, 1.54) is 19.3 Å². The van der Waals surface area contributed by atoms with E-state index < -0.39 is 0 Å². The van der Waals surface area contributed by atoms with Crippen LogP contribution >= 0.6 is 0 Å². The van der Waals surface area contributed by atoms with Crippen molar-refractivity contribution in [3.63, 3.8) is 0 Å². The summed E-state index contributed by atoms with van der Waals surface area (Å²) >= 11 is 0. The third kappa shape index (κ3) is 4.25. The van der Waals surface area contributed by atoms with Crippen LogP contribution in [0.15, 0.2) is 0 Å².